The van der Waals surface area contributed by atoms with Crippen LogP contribution in [-0.4, -0.2) is 20.6 Å². The molecule has 3 rings (SSSR count). The highest BCUT2D eigenvalue weighted by Gasteiger charge is 2.14. The summed E-state index contributed by atoms with van der Waals surface area (Å²) in [7, 11) is -3.68. The van der Waals surface area contributed by atoms with E-state index in [0.29, 0.717) is 16.9 Å². The molecule has 0 atom stereocenters. The van der Waals surface area contributed by atoms with Crippen molar-refractivity contribution in [2.24, 2.45) is 0 Å². The molecular weight excluding hydrogens is 392 g/mol. The van der Waals surface area contributed by atoms with Crippen LogP contribution in [0.5, 0.6) is 0 Å². The third-order valence-electron chi connectivity index (χ3n) is 4.08. The van der Waals surface area contributed by atoms with Gasteiger partial charge >= 0.3 is 0 Å². The standard InChI is InChI=1S/C21H20N2O3S2/c1-15-3-7-17(8-4-15)22-21(24)16-5-9-18(10-6-16)23-28(25,26)20-13-11-19(27-2)12-14-20/h3-14,23H,1-2H3,(H,22,24). The topological polar surface area (TPSA) is 75.3 Å². The predicted octanol–water partition coefficient (Wildman–Crippen LogP) is 4.77. The Labute approximate surface area is 169 Å². The van der Waals surface area contributed by atoms with E-state index in [-0.39, 0.29) is 10.8 Å². The number of hydrogen-bond donors (Lipinski definition) is 2. The Kier molecular flexibility index (Phi) is 6.06. The molecule has 0 aliphatic heterocycles. The number of amides is 1. The average Bonchev–Trinajstić information content (AvgIpc) is 2.70. The molecular formula is C21H20N2O3S2. The van der Waals surface area contributed by atoms with Gasteiger partial charge in [0.25, 0.3) is 15.9 Å². The van der Waals surface area contributed by atoms with Gasteiger partial charge in [-0.1, -0.05) is 17.7 Å². The second-order valence-corrected chi connectivity index (χ2v) is 8.74. The van der Waals surface area contributed by atoms with Gasteiger partial charge in [-0.2, -0.15) is 0 Å². The van der Waals surface area contributed by atoms with Gasteiger partial charge in [0.15, 0.2) is 0 Å². The fourth-order valence-corrected chi connectivity index (χ4v) is 3.97. The second-order valence-electron chi connectivity index (χ2n) is 6.18. The largest absolute Gasteiger partial charge is 0.322 e. The molecule has 3 aromatic carbocycles. The van der Waals surface area contributed by atoms with Crippen LogP contribution in [0.2, 0.25) is 0 Å². The van der Waals surface area contributed by atoms with Crippen LogP contribution in [0.3, 0.4) is 0 Å². The Bertz CT molecular complexity index is 1060. The number of rotatable bonds is 6. The zero-order valence-corrected chi connectivity index (χ0v) is 17.1. The van der Waals surface area contributed by atoms with Crippen molar-refractivity contribution in [3.05, 3.63) is 83.9 Å². The maximum Gasteiger partial charge on any atom is 0.261 e. The number of hydrogen-bond acceptors (Lipinski definition) is 4. The number of nitrogens with one attached hydrogen (secondary N) is 2. The Morgan fingerprint density at radius 3 is 1.96 bits per heavy atom. The van der Waals surface area contributed by atoms with Gasteiger partial charge in [-0.25, -0.2) is 8.42 Å². The number of carbonyl (C=O) groups excluding carboxylic acids is 1. The van der Waals surface area contributed by atoms with Crippen molar-refractivity contribution in [3.8, 4) is 0 Å². The van der Waals surface area contributed by atoms with E-state index in [0.717, 1.165) is 10.5 Å². The second kappa shape index (κ2) is 8.50. The van der Waals surface area contributed by atoms with Gasteiger partial charge in [-0.15, -0.1) is 11.8 Å². The molecule has 5 nitrogen and oxygen atoms in total. The van der Waals surface area contributed by atoms with Crippen LogP contribution in [0.15, 0.2) is 82.6 Å². The van der Waals surface area contributed by atoms with Gasteiger partial charge in [-0.05, 0) is 73.8 Å². The summed E-state index contributed by atoms with van der Waals surface area (Å²) in [5.74, 6) is -0.258. The van der Waals surface area contributed by atoms with Gasteiger partial charge in [0.2, 0.25) is 0 Å². The lowest BCUT2D eigenvalue weighted by Gasteiger charge is -2.10. The van der Waals surface area contributed by atoms with E-state index in [1.165, 1.54) is 0 Å². The Hall–Kier alpha value is -2.77. The van der Waals surface area contributed by atoms with Gasteiger partial charge in [0.1, 0.15) is 0 Å². The minimum Gasteiger partial charge on any atom is -0.322 e. The molecule has 0 radical (unpaired) electrons. The van der Waals surface area contributed by atoms with Crippen molar-refractivity contribution >= 4 is 39.1 Å². The van der Waals surface area contributed by atoms with Crippen LogP contribution in [0.1, 0.15) is 15.9 Å². The first-order valence-corrected chi connectivity index (χ1v) is 11.2. The number of aryl methyl sites for hydroxylation is 1. The maximum absolute atomic E-state index is 12.5. The van der Waals surface area contributed by atoms with Crippen LogP contribution < -0.4 is 10.0 Å². The SMILES string of the molecule is CSc1ccc(S(=O)(=O)Nc2ccc(C(=O)Nc3ccc(C)cc3)cc2)cc1. The highest BCUT2D eigenvalue weighted by atomic mass is 32.2. The first-order chi connectivity index (χ1) is 13.4. The molecule has 0 aliphatic carbocycles. The number of benzene rings is 3. The predicted molar refractivity (Wildman–Crippen MR) is 115 cm³/mol. The van der Waals surface area contributed by atoms with E-state index in [4.69, 9.17) is 0 Å². The Morgan fingerprint density at radius 1 is 0.821 bits per heavy atom. The quantitative estimate of drug-likeness (QED) is 0.572. The maximum atomic E-state index is 12.5. The van der Waals surface area contributed by atoms with E-state index in [1.807, 2.05) is 37.4 Å². The normalized spacial score (nSPS) is 11.1. The summed E-state index contributed by atoms with van der Waals surface area (Å²) in [5.41, 5.74) is 2.64. The summed E-state index contributed by atoms with van der Waals surface area (Å²) in [5, 5.41) is 2.81. The average molecular weight is 413 g/mol. The monoisotopic (exact) mass is 412 g/mol. The first kappa shape index (κ1) is 20.0. The van der Waals surface area contributed by atoms with Gasteiger partial charge in [0.05, 0.1) is 4.90 Å². The summed E-state index contributed by atoms with van der Waals surface area (Å²) in [6.07, 6.45) is 1.93. The van der Waals surface area contributed by atoms with Gasteiger partial charge < -0.3 is 5.32 Å². The van der Waals surface area contributed by atoms with Crippen LogP contribution in [0.25, 0.3) is 0 Å². The van der Waals surface area contributed by atoms with Gasteiger partial charge in [-0.3, -0.25) is 9.52 Å². The molecule has 0 bridgehead atoms. The summed E-state index contributed by atoms with van der Waals surface area (Å²) in [6, 6.07) is 20.4. The highest BCUT2D eigenvalue weighted by molar-refractivity contribution is 7.98. The number of carbonyl (C=O) groups is 1. The first-order valence-electron chi connectivity index (χ1n) is 8.52. The molecule has 0 aliphatic rings. The van der Waals surface area contributed by atoms with Crippen LogP contribution in [0.4, 0.5) is 11.4 Å². The van der Waals surface area contributed by atoms with E-state index in [2.05, 4.69) is 10.0 Å². The molecule has 0 heterocycles. The lowest BCUT2D eigenvalue weighted by Crippen LogP contribution is -2.14. The Morgan fingerprint density at radius 2 is 1.39 bits per heavy atom. The number of sulfonamides is 1. The lowest BCUT2D eigenvalue weighted by molar-refractivity contribution is 0.102. The molecule has 0 aromatic heterocycles. The summed E-state index contributed by atoms with van der Waals surface area (Å²) in [4.78, 5) is 13.5. The minimum absolute atomic E-state index is 0.187. The summed E-state index contributed by atoms with van der Waals surface area (Å²) >= 11 is 1.54. The molecule has 2 N–H and O–H groups in total. The van der Waals surface area contributed by atoms with Gasteiger partial charge in [0, 0.05) is 21.8 Å². The Balaban J connectivity index is 1.69. The minimum atomic E-state index is -3.68. The van der Waals surface area contributed by atoms with Crippen molar-refractivity contribution in [2.75, 3.05) is 16.3 Å². The molecule has 0 saturated carbocycles. The summed E-state index contributed by atoms with van der Waals surface area (Å²) < 4.78 is 27.5. The van der Waals surface area contributed by atoms with E-state index >= 15 is 0 Å². The summed E-state index contributed by atoms with van der Waals surface area (Å²) in [6.45, 7) is 1.97. The third kappa shape index (κ3) is 4.94. The van der Waals surface area contributed by atoms with E-state index in [1.54, 1.807) is 60.3 Å². The molecule has 0 fully saturated rings. The smallest absolute Gasteiger partial charge is 0.261 e. The van der Waals surface area contributed by atoms with Crippen molar-refractivity contribution in [1.82, 2.24) is 0 Å². The molecule has 144 valence electrons. The number of thioether (sulfide) groups is 1. The van der Waals surface area contributed by atoms with Crippen LogP contribution in [0, 0.1) is 6.92 Å². The number of anilines is 2. The van der Waals surface area contributed by atoms with E-state index in [9.17, 15) is 13.2 Å². The highest BCUT2D eigenvalue weighted by Crippen LogP contribution is 2.21. The molecule has 3 aromatic rings. The molecule has 1 amide bonds. The molecule has 7 heteroatoms. The third-order valence-corrected chi connectivity index (χ3v) is 6.22. The lowest BCUT2D eigenvalue weighted by atomic mass is 10.2. The van der Waals surface area contributed by atoms with Crippen LogP contribution in [-0.2, 0) is 10.0 Å². The zero-order chi connectivity index (χ0) is 20.1. The van der Waals surface area contributed by atoms with Crippen LogP contribution >= 0.6 is 11.8 Å². The van der Waals surface area contributed by atoms with Crippen molar-refractivity contribution in [1.29, 1.82) is 0 Å². The fraction of sp³-hybridized carbons (Fsp3) is 0.0952. The van der Waals surface area contributed by atoms with E-state index < -0.39 is 10.0 Å². The molecule has 0 spiro atoms. The van der Waals surface area contributed by atoms with Crippen molar-refractivity contribution in [3.63, 3.8) is 0 Å². The molecule has 0 saturated heterocycles. The fourth-order valence-electron chi connectivity index (χ4n) is 2.50. The van der Waals surface area contributed by atoms with Crippen molar-refractivity contribution in [2.45, 2.75) is 16.7 Å². The van der Waals surface area contributed by atoms with Crippen molar-refractivity contribution < 1.29 is 13.2 Å². The molecule has 28 heavy (non-hydrogen) atoms. The zero-order valence-electron chi connectivity index (χ0n) is 15.5. The molecule has 0 unspecified atom stereocenters.